The number of aromatic nitrogens is 1. The van der Waals surface area contributed by atoms with Gasteiger partial charge in [0, 0.05) is 28.8 Å². The minimum Gasteiger partial charge on any atom is -0.387 e. The Morgan fingerprint density at radius 2 is 2.12 bits per heavy atom. The van der Waals surface area contributed by atoms with Crippen LogP contribution in [0.1, 0.15) is 23.2 Å². The van der Waals surface area contributed by atoms with Crippen LogP contribution >= 0.6 is 11.6 Å². The summed E-state index contributed by atoms with van der Waals surface area (Å²) in [4.78, 5) is 4.80. The fourth-order valence-electron chi connectivity index (χ4n) is 2.72. The van der Waals surface area contributed by atoms with Crippen molar-refractivity contribution in [3.63, 3.8) is 0 Å². The number of nitrogens with zero attached hydrogens (tertiary/aromatic N) is 1. The number of anilines is 1. The van der Waals surface area contributed by atoms with Gasteiger partial charge in [-0.05, 0) is 49.4 Å². The summed E-state index contributed by atoms with van der Waals surface area (Å²) in [6.07, 6.45) is 3.43. The fraction of sp³-hybridized carbons (Fsp3) is 0.357. The summed E-state index contributed by atoms with van der Waals surface area (Å²) >= 11 is 6.17. The van der Waals surface area contributed by atoms with Gasteiger partial charge in [-0.2, -0.15) is 0 Å². The molecule has 1 aromatic carbocycles. The Balaban J connectivity index is 2.44. The molecule has 17 heavy (non-hydrogen) atoms. The summed E-state index contributed by atoms with van der Waals surface area (Å²) in [6, 6.07) is 4.03. The van der Waals surface area contributed by atoms with Gasteiger partial charge in [0.05, 0.1) is 5.52 Å². The number of pyridine rings is 1. The molecule has 1 N–H and O–H groups in total. The van der Waals surface area contributed by atoms with Crippen molar-refractivity contribution in [2.45, 2.75) is 26.2 Å². The molecular formula is C14H15ClN2. The van der Waals surface area contributed by atoms with Gasteiger partial charge in [0.1, 0.15) is 0 Å². The van der Waals surface area contributed by atoms with Crippen molar-refractivity contribution < 1.29 is 0 Å². The van der Waals surface area contributed by atoms with Gasteiger partial charge in [0.15, 0.2) is 0 Å². The number of fused-ring (bicyclic) bond motifs is 2. The average Bonchev–Trinajstić information content (AvgIpc) is 2.79. The van der Waals surface area contributed by atoms with Gasteiger partial charge in [-0.25, -0.2) is 0 Å². The van der Waals surface area contributed by atoms with Gasteiger partial charge in [-0.1, -0.05) is 11.6 Å². The lowest BCUT2D eigenvalue weighted by atomic mass is 10.0. The van der Waals surface area contributed by atoms with E-state index in [-0.39, 0.29) is 0 Å². The van der Waals surface area contributed by atoms with Crippen LogP contribution in [0.4, 0.5) is 5.69 Å². The number of halogens is 1. The highest BCUT2D eigenvalue weighted by Gasteiger charge is 2.19. The Hall–Kier alpha value is -1.28. The molecule has 0 aliphatic heterocycles. The predicted octanol–water partition coefficient (Wildman–Crippen LogP) is 3.73. The van der Waals surface area contributed by atoms with E-state index in [4.69, 9.17) is 16.6 Å². The Morgan fingerprint density at radius 1 is 1.29 bits per heavy atom. The van der Waals surface area contributed by atoms with Crippen LogP contribution in [0.5, 0.6) is 0 Å². The highest BCUT2D eigenvalue weighted by Crippen LogP contribution is 2.36. The van der Waals surface area contributed by atoms with Crippen LogP contribution in [-0.2, 0) is 12.8 Å². The lowest BCUT2D eigenvalue weighted by molar-refractivity contribution is 0.901. The average molecular weight is 247 g/mol. The fourth-order valence-corrected chi connectivity index (χ4v) is 2.88. The third-order valence-corrected chi connectivity index (χ3v) is 4.03. The zero-order chi connectivity index (χ0) is 12.0. The highest BCUT2D eigenvalue weighted by molar-refractivity contribution is 6.32. The molecule has 1 heterocycles. The molecule has 0 fully saturated rings. The summed E-state index contributed by atoms with van der Waals surface area (Å²) in [5.41, 5.74) is 5.99. The minimum absolute atomic E-state index is 0.796. The summed E-state index contributed by atoms with van der Waals surface area (Å²) in [5.74, 6) is 0. The number of benzene rings is 1. The monoisotopic (exact) mass is 246 g/mol. The molecular weight excluding hydrogens is 232 g/mol. The number of rotatable bonds is 1. The molecule has 0 unspecified atom stereocenters. The number of hydrogen-bond acceptors (Lipinski definition) is 2. The van der Waals surface area contributed by atoms with E-state index in [1.807, 2.05) is 20.0 Å². The minimum atomic E-state index is 0.796. The maximum absolute atomic E-state index is 6.17. The predicted molar refractivity (Wildman–Crippen MR) is 73.1 cm³/mol. The van der Waals surface area contributed by atoms with Crippen LogP contribution in [0, 0.1) is 6.92 Å². The van der Waals surface area contributed by atoms with Crippen molar-refractivity contribution in [1.82, 2.24) is 4.98 Å². The van der Waals surface area contributed by atoms with Gasteiger partial charge < -0.3 is 5.32 Å². The lowest BCUT2D eigenvalue weighted by Gasteiger charge is -2.13. The van der Waals surface area contributed by atoms with Crippen LogP contribution < -0.4 is 5.32 Å². The van der Waals surface area contributed by atoms with Crippen molar-refractivity contribution in [2.24, 2.45) is 0 Å². The largest absolute Gasteiger partial charge is 0.387 e. The smallest absolute Gasteiger partial charge is 0.0770 e. The molecule has 0 amide bonds. The van der Waals surface area contributed by atoms with E-state index in [1.54, 1.807) is 0 Å². The normalized spacial score (nSPS) is 14.1. The van der Waals surface area contributed by atoms with Crippen molar-refractivity contribution in [2.75, 3.05) is 12.4 Å². The third-order valence-electron chi connectivity index (χ3n) is 3.62. The van der Waals surface area contributed by atoms with E-state index in [0.717, 1.165) is 28.9 Å². The Labute approximate surface area is 106 Å². The maximum Gasteiger partial charge on any atom is 0.0770 e. The second-order valence-corrected chi connectivity index (χ2v) is 4.99. The van der Waals surface area contributed by atoms with Crippen LogP contribution in [0.25, 0.3) is 10.9 Å². The molecule has 3 rings (SSSR count). The van der Waals surface area contributed by atoms with E-state index in [0.29, 0.717) is 0 Å². The molecule has 3 heteroatoms. The second kappa shape index (κ2) is 3.88. The third kappa shape index (κ3) is 1.51. The molecule has 0 saturated heterocycles. The van der Waals surface area contributed by atoms with Gasteiger partial charge in [-0.15, -0.1) is 0 Å². The van der Waals surface area contributed by atoms with Crippen LogP contribution in [0.15, 0.2) is 12.1 Å². The maximum atomic E-state index is 6.17. The molecule has 2 aromatic rings. The molecule has 0 atom stereocenters. The van der Waals surface area contributed by atoms with E-state index in [9.17, 15) is 0 Å². The van der Waals surface area contributed by atoms with Gasteiger partial charge in [0.25, 0.3) is 0 Å². The Morgan fingerprint density at radius 3 is 2.88 bits per heavy atom. The second-order valence-electron chi connectivity index (χ2n) is 4.58. The molecule has 0 saturated carbocycles. The number of hydrogen-bond donors (Lipinski definition) is 1. The molecule has 0 bridgehead atoms. The molecule has 0 spiro atoms. The van der Waals surface area contributed by atoms with Crippen molar-refractivity contribution >= 4 is 28.2 Å². The Bertz CT molecular complexity index is 605. The van der Waals surface area contributed by atoms with Gasteiger partial charge in [-0.3, -0.25) is 4.98 Å². The van der Waals surface area contributed by atoms with Gasteiger partial charge in [0.2, 0.25) is 0 Å². The quantitative estimate of drug-likeness (QED) is 0.830. The highest BCUT2D eigenvalue weighted by atomic mass is 35.5. The van der Waals surface area contributed by atoms with Crippen molar-refractivity contribution in [3.05, 3.63) is 34.0 Å². The topological polar surface area (TPSA) is 24.9 Å². The first-order valence-corrected chi connectivity index (χ1v) is 6.38. The zero-order valence-electron chi connectivity index (χ0n) is 10.1. The van der Waals surface area contributed by atoms with Crippen molar-refractivity contribution in [3.8, 4) is 0 Å². The van der Waals surface area contributed by atoms with E-state index < -0.39 is 0 Å². The van der Waals surface area contributed by atoms with Crippen molar-refractivity contribution in [1.29, 1.82) is 0 Å². The van der Waals surface area contributed by atoms with E-state index in [2.05, 4.69) is 11.4 Å². The summed E-state index contributed by atoms with van der Waals surface area (Å²) in [6.45, 7) is 2.04. The number of aryl methyl sites for hydroxylation is 2. The Kier molecular flexibility index (Phi) is 2.48. The zero-order valence-corrected chi connectivity index (χ0v) is 10.9. The SMILES string of the molecule is CNc1c2c(nc3c(C)c(Cl)ccc13)CCC2. The lowest BCUT2D eigenvalue weighted by Crippen LogP contribution is -2.00. The summed E-state index contributed by atoms with van der Waals surface area (Å²) in [5, 5.41) is 5.32. The first-order valence-electron chi connectivity index (χ1n) is 6.00. The van der Waals surface area contributed by atoms with E-state index >= 15 is 0 Å². The van der Waals surface area contributed by atoms with E-state index in [1.165, 1.54) is 28.8 Å². The number of nitrogens with one attached hydrogen (secondary N) is 1. The van der Waals surface area contributed by atoms with Crippen LogP contribution in [0.2, 0.25) is 5.02 Å². The standard InChI is InChI=1S/C14H15ClN2/c1-8-11(15)7-6-10-13(8)17-12-5-3-4-9(12)14(10)16-2/h6-7H,3-5H2,1-2H3,(H,16,17). The molecule has 88 valence electrons. The molecule has 1 aliphatic carbocycles. The summed E-state index contributed by atoms with van der Waals surface area (Å²) in [7, 11) is 1.98. The van der Waals surface area contributed by atoms with Crippen LogP contribution in [0.3, 0.4) is 0 Å². The van der Waals surface area contributed by atoms with Crippen LogP contribution in [-0.4, -0.2) is 12.0 Å². The molecule has 2 nitrogen and oxygen atoms in total. The first kappa shape index (κ1) is 10.8. The molecule has 1 aromatic heterocycles. The molecule has 1 aliphatic rings. The molecule has 0 radical (unpaired) electrons. The summed E-state index contributed by atoms with van der Waals surface area (Å²) < 4.78 is 0. The first-order chi connectivity index (χ1) is 8.22. The van der Waals surface area contributed by atoms with Gasteiger partial charge >= 0.3 is 0 Å².